The molecule has 2 aromatic carbocycles. The molecule has 0 saturated carbocycles. The van der Waals surface area contributed by atoms with Crippen LogP contribution in [0, 0.1) is 0 Å². The van der Waals surface area contributed by atoms with Gasteiger partial charge in [-0.3, -0.25) is 9.59 Å². The van der Waals surface area contributed by atoms with E-state index < -0.39 is 6.04 Å². The number of hydrogen-bond donors (Lipinski definition) is 1. The summed E-state index contributed by atoms with van der Waals surface area (Å²) in [4.78, 5) is 26.6. The smallest absolute Gasteiger partial charge is 0.255 e. The van der Waals surface area contributed by atoms with Crippen LogP contribution in [0.2, 0.25) is 0 Å². The lowest BCUT2D eigenvalue weighted by atomic mass is 10.1. The number of amides is 2. The minimum Gasteiger partial charge on any atom is -0.496 e. The van der Waals surface area contributed by atoms with Gasteiger partial charge in [-0.2, -0.15) is 0 Å². The molecule has 1 heterocycles. The number of nitrogens with one attached hydrogen (secondary N) is 1. The van der Waals surface area contributed by atoms with Crippen LogP contribution in [0.3, 0.4) is 0 Å². The number of benzene rings is 2. The van der Waals surface area contributed by atoms with Crippen molar-refractivity contribution in [3.05, 3.63) is 60.2 Å². The summed E-state index contributed by atoms with van der Waals surface area (Å²) < 4.78 is 5.19. The molecule has 1 aliphatic rings. The van der Waals surface area contributed by atoms with Crippen LogP contribution in [0.25, 0.3) is 0 Å². The summed E-state index contributed by atoms with van der Waals surface area (Å²) in [6.07, 6.45) is 0.592. The van der Waals surface area contributed by atoms with Gasteiger partial charge in [-0.1, -0.05) is 30.3 Å². The molecule has 1 unspecified atom stereocenters. The highest BCUT2D eigenvalue weighted by Gasteiger charge is 2.34. The molecule has 0 bridgehead atoms. The molecule has 0 aromatic heterocycles. The number of carbonyl (C=O) groups excluding carboxylic acids is 2. The van der Waals surface area contributed by atoms with Crippen molar-refractivity contribution in [2.45, 2.75) is 12.5 Å². The van der Waals surface area contributed by atoms with Crippen LogP contribution < -0.4 is 15.0 Å². The first kappa shape index (κ1) is 15.1. The van der Waals surface area contributed by atoms with Crippen molar-refractivity contribution in [1.29, 1.82) is 0 Å². The van der Waals surface area contributed by atoms with Crippen molar-refractivity contribution >= 4 is 17.5 Å². The molecule has 1 N–H and O–H groups in total. The molecule has 0 spiro atoms. The topological polar surface area (TPSA) is 58.6 Å². The molecule has 5 nitrogen and oxygen atoms in total. The molecule has 1 aliphatic heterocycles. The second-order valence-electron chi connectivity index (χ2n) is 5.34. The first-order chi connectivity index (χ1) is 11.2. The molecule has 1 atom stereocenters. The highest BCUT2D eigenvalue weighted by atomic mass is 16.5. The van der Waals surface area contributed by atoms with Gasteiger partial charge in [-0.15, -0.1) is 0 Å². The van der Waals surface area contributed by atoms with Crippen LogP contribution in [0.4, 0.5) is 5.69 Å². The SMILES string of the molecule is COc1ccccc1C(=O)NC1CCN(c2ccccc2)C1=O. The van der Waals surface area contributed by atoms with E-state index in [0.29, 0.717) is 24.3 Å². The zero-order chi connectivity index (χ0) is 16.2. The van der Waals surface area contributed by atoms with Crippen molar-refractivity contribution in [1.82, 2.24) is 5.32 Å². The molecule has 1 saturated heterocycles. The van der Waals surface area contributed by atoms with Gasteiger partial charge in [0.1, 0.15) is 11.8 Å². The minimum atomic E-state index is -0.507. The van der Waals surface area contributed by atoms with Crippen molar-refractivity contribution in [2.24, 2.45) is 0 Å². The molecule has 2 amide bonds. The maximum atomic E-state index is 12.5. The van der Waals surface area contributed by atoms with E-state index in [4.69, 9.17) is 4.74 Å². The van der Waals surface area contributed by atoms with E-state index in [1.54, 1.807) is 29.2 Å². The van der Waals surface area contributed by atoms with Gasteiger partial charge < -0.3 is 15.0 Å². The Morgan fingerprint density at radius 3 is 2.57 bits per heavy atom. The van der Waals surface area contributed by atoms with Gasteiger partial charge in [0.15, 0.2) is 0 Å². The highest BCUT2D eigenvalue weighted by Crippen LogP contribution is 2.22. The van der Waals surface area contributed by atoms with E-state index in [-0.39, 0.29) is 11.8 Å². The predicted octanol–water partition coefficient (Wildman–Crippen LogP) is 2.23. The third-order valence-electron chi connectivity index (χ3n) is 3.93. The second kappa shape index (κ2) is 6.52. The van der Waals surface area contributed by atoms with E-state index in [1.807, 2.05) is 30.3 Å². The summed E-state index contributed by atoms with van der Waals surface area (Å²) in [5, 5.41) is 2.81. The van der Waals surface area contributed by atoms with Crippen LogP contribution in [0.1, 0.15) is 16.8 Å². The minimum absolute atomic E-state index is 0.0838. The van der Waals surface area contributed by atoms with Gasteiger partial charge in [0, 0.05) is 12.2 Å². The maximum absolute atomic E-state index is 12.5. The molecule has 5 heteroatoms. The average molecular weight is 310 g/mol. The zero-order valence-electron chi connectivity index (χ0n) is 12.9. The monoisotopic (exact) mass is 310 g/mol. The molecule has 118 valence electrons. The number of anilines is 1. The third kappa shape index (κ3) is 3.04. The predicted molar refractivity (Wildman–Crippen MR) is 87.7 cm³/mol. The number of carbonyl (C=O) groups is 2. The van der Waals surface area contributed by atoms with Crippen molar-refractivity contribution in [2.75, 3.05) is 18.6 Å². The van der Waals surface area contributed by atoms with Gasteiger partial charge in [0.25, 0.3) is 5.91 Å². The number of nitrogens with zero attached hydrogens (tertiary/aromatic N) is 1. The van der Waals surface area contributed by atoms with Crippen LogP contribution in [0.15, 0.2) is 54.6 Å². The highest BCUT2D eigenvalue weighted by molar-refractivity contribution is 6.04. The van der Waals surface area contributed by atoms with E-state index >= 15 is 0 Å². The van der Waals surface area contributed by atoms with Crippen molar-refractivity contribution < 1.29 is 14.3 Å². The van der Waals surface area contributed by atoms with Crippen molar-refractivity contribution in [3.8, 4) is 5.75 Å². The summed E-state index contributed by atoms with van der Waals surface area (Å²) in [5.41, 5.74) is 1.28. The van der Waals surface area contributed by atoms with E-state index in [1.165, 1.54) is 7.11 Å². The first-order valence-corrected chi connectivity index (χ1v) is 7.51. The summed E-state index contributed by atoms with van der Waals surface area (Å²) >= 11 is 0. The molecule has 0 aliphatic carbocycles. The van der Waals surface area contributed by atoms with Crippen LogP contribution in [-0.4, -0.2) is 31.5 Å². The largest absolute Gasteiger partial charge is 0.496 e. The van der Waals surface area contributed by atoms with Gasteiger partial charge >= 0.3 is 0 Å². The number of rotatable bonds is 4. The molecule has 3 rings (SSSR count). The molecular weight excluding hydrogens is 292 g/mol. The number of methoxy groups -OCH3 is 1. The fourth-order valence-corrected chi connectivity index (χ4v) is 2.75. The second-order valence-corrected chi connectivity index (χ2v) is 5.34. The molecular formula is C18H18N2O3. The maximum Gasteiger partial charge on any atom is 0.255 e. The van der Waals surface area contributed by atoms with Gasteiger partial charge in [0.2, 0.25) is 5.91 Å². The van der Waals surface area contributed by atoms with Crippen LogP contribution in [0.5, 0.6) is 5.75 Å². The summed E-state index contributed by atoms with van der Waals surface area (Å²) in [6, 6.07) is 15.9. The van der Waals surface area contributed by atoms with Crippen molar-refractivity contribution in [3.63, 3.8) is 0 Å². The quantitative estimate of drug-likeness (QED) is 0.942. The normalized spacial score (nSPS) is 17.2. The lowest BCUT2D eigenvalue weighted by molar-refractivity contribution is -0.118. The Labute approximate surface area is 134 Å². The molecule has 0 radical (unpaired) electrons. The molecule has 2 aromatic rings. The summed E-state index contributed by atoms with van der Waals surface area (Å²) in [7, 11) is 1.52. The lowest BCUT2D eigenvalue weighted by Gasteiger charge is -2.17. The zero-order valence-corrected chi connectivity index (χ0v) is 12.9. The third-order valence-corrected chi connectivity index (χ3v) is 3.93. The number of hydrogen-bond acceptors (Lipinski definition) is 3. The standard InChI is InChI=1S/C18H18N2O3/c1-23-16-10-6-5-9-14(16)17(21)19-15-11-12-20(18(15)22)13-7-3-2-4-8-13/h2-10,15H,11-12H2,1H3,(H,19,21). The van der Waals surface area contributed by atoms with Crippen LogP contribution in [-0.2, 0) is 4.79 Å². The summed E-state index contributed by atoms with van der Waals surface area (Å²) in [6.45, 7) is 0.597. The Morgan fingerprint density at radius 2 is 1.83 bits per heavy atom. The molecule has 23 heavy (non-hydrogen) atoms. The van der Waals surface area contributed by atoms with Gasteiger partial charge in [-0.25, -0.2) is 0 Å². The fourth-order valence-electron chi connectivity index (χ4n) is 2.75. The lowest BCUT2D eigenvalue weighted by Crippen LogP contribution is -2.41. The molecule has 1 fully saturated rings. The van der Waals surface area contributed by atoms with Crippen LogP contribution >= 0.6 is 0 Å². The van der Waals surface area contributed by atoms with E-state index in [0.717, 1.165) is 5.69 Å². The Kier molecular flexibility index (Phi) is 4.28. The number of para-hydroxylation sites is 2. The first-order valence-electron chi connectivity index (χ1n) is 7.51. The van der Waals surface area contributed by atoms with E-state index in [9.17, 15) is 9.59 Å². The Morgan fingerprint density at radius 1 is 1.13 bits per heavy atom. The number of ether oxygens (including phenoxy) is 1. The van der Waals surface area contributed by atoms with Gasteiger partial charge in [-0.05, 0) is 30.7 Å². The van der Waals surface area contributed by atoms with Gasteiger partial charge in [0.05, 0.1) is 12.7 Å². The Balaban J connectivity index is 1.72. The fraction of sp³-hybridized carbons (Fsp3) is 0.222. The average Bonchev–Trinajstić information content (AvgIpc) is 2.96. The Bertz CT molecular complexity index is 715. The summed E-state index contributed by atoms with van der Waals surface area (Å²) in [5.74, 6) is 0.116. The Hall–Kier alpha value is -2.82. The van der Waals surface area contributed by atoms with E-state index in [2.05, 4.69) is 5.32 Å².